The van der Waals surface area contributed by atoms with Crippen LogP contribution in [0, 0.1) is 13.8 Å². The van der Waals surface area contributed by atoms with Crippen LogP contribution in [-0.2, 0) is 6.54 Å². The Kier molecular flexibility index (Phi) is 5.31. The van der Waals surface area contributed by atoms with Crippen molar-refractivity contribution in [2.24, 2.45) is 0 Å². The van der Waals surface area contributed by atoms with Gasteiger partial charge in [0.2, 0.25) is 0 Å². The highest BCUT2D eigenvalue weighted by atomic mass is 16.1. The smallest absolute Gasteiger partial charge is 0.251 e. The van der Waals surface area contributed by atoms with Crippen LogP contribution in [0.1, 0.15) is 59.2 Å². The molecule has 1 N–H and O–H groups in total. The molecular formula is C24H30N2O. The van der Waals surface area contributed by atoms with Gasteiger partial charge < -0.3 is 5.32 Å². The van der Waals surface area contributed by atoms with E-state index in [9.17, 15) is 4.79 Å². The highest BCUT2D eigenvalue weighted by Crippen LogP contribution is 2.35. The molecule has 2 heterocycles. The Balaban J connectivity index is 1.42. The molecule has 3 heteroatoms. The maximum Gasteiger partial charge on any atom is 0.251 e. The molecule has 2 aliphatic rings. The molecule has 4 rings (SSSR count). The summed E-state index contributed by atoms with van der Waals surface area (Å²) in [6, 6.07) is 18.3. The van der Waals surface area contributed by atoms with Gasteiger partial charge in [-0.3, -0.25) is 9.69 Å². The number of aryl methyl sites for hydroxylation is 2. The number of fused-ring (bicyclic) bond motifs is 2. The number of nitrogens with one attached hydrogen (secondary N) is 1. The van der Waals surface area contributed by atoms with Gasteiger partial charge in [0.15, 0.2) is 0 Å². The average Bonchev–Trinajstić information content (AvgIpc) is 2.64. The molecule has 0 radical (unpaired) electrons. The zero-order chi connectivity index (χ0) is 18.8. The Morgan fingerprint density at radius 2 is 1.67 bits per heavy atom. The topological polar surface area (TPSA) is 32.3 Å². The Morgan fingerprint density at radius 3 is 2.33 bits per heavy atom. The zero-order valence-corrected chi connectivity index (χ0v) is 16.4. The van der Waals surface area contributed by atoms with Crippen LogP contribution in [0.3, 0.4) is 0 Å². The summed E-state index contributed by atoms with van der Waals surface area (Å²) in [5.41, 5.74) is 4.58. The number of rotatable bonds is 4. The lowest BCUT2D eigenvalue weighted by Crippen LogP contribution is -2.56. The zero-order valence-electron chi connectivity index (χ0n) is 16.4. The van der Waals surface area contributed by atoms with Crippen molar-refractivity contribution in [1.29, 1.82) is 0 Å². The van der Waals surface area contributed by atoms with Crippen molar-refractivity contribution in [1.82, 2.24) is 10.2 Å². The molecule has 1 amide bonds. The molecule has 0 spiro atoms. The van der Waals surface area contributed by atoms with Gasteiger partial charge in [0.25, 0.3) is 5.91 Å². The number of hydrogen-bond acceptors (Lipinski definition) is 2. The lowest BCUT2D eigenvalue weighted by Gasteiger charge is -2.49. The Bertz CT molecular complexity index is 784. The molecule has 2 atom stereocenters. The lowest BCUT2D eigenvalue weighted by atomic mass is 9.81. The summed E-state index contributed by atoms with van der Waals surface area (Å²) >= 11 is 0. The summed E-state index contributed by atoms with van der Waals surface area (Å²) < 4.78 is 0. The maximum absolute atomic E-state index is 12.7. The summed E-state index contributed by atoms with van der Waals surface area (Å²) in [5.74, 6) is 0.0863. The highest BCUT2D eigenvalue weighted by Gasteiger charge is 2.38. The van der Waals surface area contributed by atoms with Crippen LogP contribution >= 0.6 is 0 Å². The minimum absolute atomic E-state index is 0.0863. The van der Waals surface area contributed by atoms with Crippen LogP contribution in [0.15, 0.2) is 48.5 Å². The van der Waals surface area contributed by atoms with Gasteiger partial charge in [0, 0.05) is 30.2 Å². The van der Waals surface area contributed by atoms with Gasteiger partial charge in [0.05, 0.1) is 0 Å². The Morgan fingerprint density at radius 1 is 1.00 bits per heavy atom. The number of piperidine rings is 2. The fraction of sp³-hybridized carbons (Fsp3) is 0.458. The fourth-order valence-electron chi connectivity index (χ4n) is 4.85. The second kappa shape index (κ2) is 7.85. The second-order valence-corrected chi connectivity index (χ2v) is 8.35. The monoisotopic (exact) mass is 362 g/mol. The van der Waals surface area contributed by atoms with E-state index in [0.717, 1.165) is 30.5 Å². The van der Waals surface area contributed by atoms with Gasteiger partial charge >= 0.3 is 0 Å². The molecule has 2 bridgehead atoms. The molecule has 142 valence electrons. The van der Waals surface area contributed by atoms with Crippen LogP contribution < -0.4 is 5.32 Å². The largest absolute Gasteiger partial charge is 0.349 e. The van der Waals surface area contributed by atoms with Gasteiger partial charge in [-0.2, -0.15) is 0 Å². The van der Waals surface area contributed by atoms with E-state index in [1.165, 1.54) is 30.4 Å². The van der Waals surface area contributed by atoms with E-state index in [2.05, 4.69) is 41.4 Å². The molecule has 2 aliphatic heterocycles. The first kappa shape index (κ1) is 18.2. The van der Waals surface area contributed by atoms with Gasteiger partial charge in [0.1, 0.15) is 0 Å². The summed E-state index contributed by atoms with van der Waals surface area (Å²) in [6.45, 7) is 5.18. The lowest BCUT2D eigenvalue weighted by molar-refractivity contribution is 0.0177. The summed E-state index contributed by atoms with van der Waals surface area (Å²) in [5, 5.41) is 3.33. The average molecular weight is 363 g/mol. The molecule has 0 unspecified atom stereocenters. The molecule has 2 aromatic carbocycles. The number of carbonyl (C=O) groups is 1. The van der Waals surface area contributed by atoms with Crippen LogP contribution in [0.5, 0.6) is 0 Å². The fourth-order valence-corrected chi connectivity index (χ4v) is 4.85. The van der Waals surface area contributed by atoms with Crippen LogP contribution in [0.25, 0.3) is 0 Å². The summed E-state index contributed by atoms with van der Waals surface area (Å²) in [6.07, 6.45) is 5.95. The number of amides is 1. The van der Waals surface area contributed by atoms with Gasteiger partial charge in [-0.25, -0.2) is 0 Å². The molecule has 2 fully saturated rings. The molecule has 0 aliphatic carbocycles. The number of benzene rings is 2. The molecule has 27 heavy (non-hydrogen) atoms. The van der Waals surface area contributed by atoms with Crippen molar-refractivity contribution < 1.29 is 4.79 Å². The molecule has 0 aromatic heterocycles. The standard InChI is InChI=1S/C24H30N2O/c1-17-10-12-19(13-11-17)16-26-21-7-5-8-22(26)15-20(14-21)25-24(27)23-9-4-3-6-18(23)2/h3-4,6,9-13,20-22H,5,7-8,14-16H2,1-2H3,(H,25,27)/t21-,22-/m0/s1. The quantitative estimate of drug-likeness (QED) is 0.861. The molecule has 2 saturated heterocycles. The number of hydrogen-bond donors (Lipinski definition) is 1. The van der Waals surface area contributed by atoms with E-state index >= 15 is 0 Å². The third-order valence-corrected chi connectivity index (χ3v) is 6.34. The first-order chi connectivity index (χ1) is 13.1. The second-order valence-electron chi connectivity index (χ2n) is 8.35. The first-order valence-electron chi connectivity index (χ1n) is 10.3. The van der Waals surface area contributed by atoms with Crippen molar-refractivity contribution in [2.75, 3.05) is 0 Å². The third-order valence-electron chi connectivity index (χ3n) is 6.34. The summed E-state index contributed by atoms with van der Waals surface area (Å²) in [7, 11) is 0. The predicted octanol–water partition coefficient (Wildman–Crippen LogP) is 4.62. The molecule has 0 saturated carbocycles. The first-order valence-corrected chi connectivity index (χ1v) is 10.3. The van der Waals surface area contributed by atoms with Crippen molar-refractivity contribution >= 4 is 5.91 Å². The van der Waals surface area contributed by atoms with Gasteiger partial charge in [-0.1, -0.05) is 54.4 Å². The van der Waals surface area contributed by atoms with Crippen LogP contribution in [0.2, 0.25) is 0 Å². The Hall–Kier alpha value is -2.13. The van der Waals surface area contributed by atoms with E-state index in [1.807, 2.05) is 31.2 Å². The number of carbonyl (C=O) groups excluding carboxylic acids is 1. The highest BCUT2D eigenvalue weighted by molar-refractivity contribution is 5.95. The van der Waals surface area contributed by atoms with Crippen molar-refractivity contribution in [2.45, 2.75) is 70.6 Å². The van der Waals surface area contributed by atoms with E-state index in [1.54, 1.807) is 0 Å². The molecule has 2 aromatic rings. The minimum atomic E-state index is 0.0863. The predicted molar refractivity (Wildman–Crippen MR) is 110 cm³/mol. The van der Waals surface area contributed by atoms with Gasteiger partial charge in [-0.05, 0) is 56.7 Å². The minimum Gasteiger partial charge on any atom is -0.349 e. The van der Waals surface area contributed by atoms with Crippen LogP contribution in [-0.4, -0.2) is 28.9 Å². The summed E-state index contributed by atoms with van der Waals surface area (Å²) in [4.78, 5) is 15.4. The van der Waals surface area contributed by atoms with E-state index in [0.29, 0.717) is 18.1 Å². The Labute approximate surface area is 162 Å². The molecular weight excluding hydrogens is 332 g/mol. The van der Waals surface area contributed by atoms with E-state index < -0.39 is 0 Å². The maximum atomic E-state index is 12.7. The van der Waals surface area contributed by atoms with Crippen molar-refractivity contribution in [3.8, 4) is 0 Å². The van der Waals surface area contributed by atoms with E-state index in [4.69, 9.17) is 0 Å². The van der Waals surface area contributed by atoms with Crippen LogP contribution in [0.4, 0.5) is 0 Å². The normalized spacial score (nSPS) is 25.2. The van der Waals surface area contributed by atoms with Crippen molar-refractivity contribution in [3.05, 3.63) is 70.8 Å². The van der Waals surface area contributed by atoms with Crippen molar-refractivity contribution in [3.63, 3.8) is 0 Å². The SMILES string of the molecule is Cc1ccc(CN2[C@H]3CCC[C@H]2CC(NC(=O)c2ccccc2C)C3)cc1. The third kappa shape index (κ3) is 4.08. The van der Waals surface area contributed by atoms with Gasteiger partial charge in [-0.15, -0.1) is 0 Å². The number of nitrogens with zero attached hydrogens (tertiary/aromatic N) is 1. The van der Waals surface area contributed by atoms with E-state index in [-0.39, 0.29) is 5.91 Å². The molecule has 3 nitrogen and oxygen atoms in total.